The molecule has 0 spiro atoms. The molecule has 0 amide bonds. The van der Waals surface area contributed by atoms with Crippen molar-refractivity contribution >= 4 is 5.69 Å². The van der Waals surface area contributed by atoms with Gasteiger partial charge in [-0.3, -0.25) is 0 Å². The van der Waals surface area contributed by atoms with Crippen LogP contribution in [0.4, 0.5) is 14.5 Å². The van der Waals surface area contributed by atoms with Crippen LogP contribution in [0.15, 0.2) is 42.5 Å². The van der Waals surface area contributed by atoms with Gasteiger partial charge in [0.05, 0.1) is 5.69 Å². The second-order valence-corrected chi connectivity index (χ2v) is 5.09. The van der Waals surface area contributed by atoms with Crippen molar-refractivity contribution in [1.29, 1.82) is 0 Å². The van der Waals surface area contributed by atoms with E-state index in [4.69, 9.17) is 5.73 Å². The van der Waals surface area contributed by atoms with Gasteiger partial charge in [-0.1, -0.05) is 36.4 Å². The summed E-state index contributed by atoms with van der Waals surface area (Å²) in [5.74, 6) is -1.66. The smallest absolute Gasteiger partial charge is 0.182 e. The first-order chi connectivity index (χ1) is 10.1. The Hall–Kier alpha value is -1.94. The third-order valence-corrected chi connectivity index (χ3v) is 3.57. The molecule has 0 fully saturated rings. The Labute approximate surface area is 124 Å². The molecule has 0 aliphatic rings. The van der Waals surface area contributed by atoms with Crippen LogP contribution in [-0.2, 0) is 13.0 Å². The zero-order chi connectivity index (χ0) is 15.2. The van der Waals surface area contributed by atoms with E-state index < -0.39 is 11.6 Å². The number of aryl methyl sites for hydroxylation is 1. The van der Waals surface area contributed by atoms with Crippen LogP contribution in [-0.4, -0.2) is 13.6 Å². The summed E-state index contributed by atoms with van der Waals surface area (Å²) in [6.45, 7) is 0.661. The van der Waals surface area contributed by atoms with Crippen molar-refractivity contribution in [3.63, 3.8) is 0 Å². The molecule has 0 aliphatic heterocycles. The van der Waals surface area contributed by atoms with Crippen LogP contribution in [0, 0.1) is 11.6 Å². The van der Waals surface area contributed by atoms with Gasteiger partial charge in [-0.15, -0.1) is 0 Å². The maximum absolute atomic E-state index is 14.0. The van der Waals surface area contributed by atoms with Crippen molar-refractivity contribution in [1.82, 2.24) is 0 Å². The average Bonchev–Trinajstić information content (AvgIpc) is 2.51. The zero-order valence-electron chi connectivity index (χ0n) is 12.2. The van der Waals surface area contributed by atoms with Gasteiger partial charge in [-0.2, -0.15) is 0 Å². The van der Waals surface area contributed by atoms with Gasteiger partial charge in [0, 0.05) is 25.7 Å². The van der Waals surface area contributed by atoms with Gasteiger partial charge in [0.15, 0.2) is 11.6 Å². The monoisotopic (exact) mass is 290 g/mol. The van der Waals surface area contributed by atoms with Crippen LogP contribution < -0.4 is 10.6 Å². The normalized spacial score (nSPS) is 10.7. The Bertz CT molecular complexity index is 585. The summed E-state index contributed by atoms with van der Waals surface area (Å²) in [7, 11) is 1.77. The van der Waals surface area contributed by atoms with Crippen LogP contribution in [0.1, 0.15) is 17.5 Å². The first-order valence-corrected chi connectivity index (χ1v) is 7.05. The molecule has 0 atom stereocenters. The van der Waals surface area contributed by atoms with Crippen LogP contribution in [0.3, 0.4) is 0 Å². The SMILES string of the molecule is CN(CCCc1ccccc1)c1ccc(CN)c(F)c1F. The molecule has 2 rings (SSSR count). The van der Waals surface area contributed by atoms with Crippen molar-refractivity contribution < 1.29 is 8.78 Å². The minimum Gasteiger partial charge on any atom is -0.372 e. The van der Waals surface area contributed by atoms with Crippen molar-refractivity contribution in [3.8, 4) is 0 Å². The Morgan fingerprint density at radius 2 is 1.71 bits per heavy atom. The van der Waals surface area contributed by atoms with Crippen molar-refractivity contribution in [2.24, 2.45) is 5.73 Å². The molecule has 21 heavy (non-hydrogen) atoms. The summed E-state index contributed by atoms with van der Waals surface area (Å²) >= 11 is 0. The Morgan fingerprint density at radius 1 is 1.00 bits per heavy atom. The molecule has 0 heterocycles. The predicted molar refractivity (Wildman–Crippen MR) is 82.3 cm³/mol. The van der Waals surface area contributed by atoms with Gasteiger partial charge in [-0.05, 0) is 24.5 Å². The lowest BCUT2D eigenvalue weighted by molar-refractivity contribution is 0.498. The second-order valence-electron chi connectivity index (χ2n) is 5.09. The summed E-state index contributed by atoms with van der Waals surface area (Å²) in [6.07, 6.45) is 1.79. The van der Waals surface area contributed by atoms with Gasteiger partial charge < -0.3 is 10.6 Å². The molecule has 2 aromatic carbocycles. The number of hydrogen-bond acceptors (Lipinski definition) is 2. The molecule has 0 bridgehead atoms. The summed E-state index contributed by atoms with van der Waals surface area (Å²) in [5.41, 5.74) is 7.09. The van der Waals surface area contributed by atoms with Gasteiger partial charge >= 0.3 is 0 Å². The molecule has 2 nitrogen and oxygen atoms in total. The third-order valence-electron chi connectivity index (χ3n) is 3.57. The second kappa shape index (κ2) is 7.18. The highest BCUT2D eigenvalue weighted by atomic mass is 19.2. The predicted octanol–water partition coefficient (Wildman–Crippen LogP) is 3.49. The average molecular weight is 290 g/mol. The number of halogens is 2. The topological polar surface area (TPSA) is 29.3 Å². The van der Waals surface area contributed by atoms with E-state index in [-0.39, 0.29) is 17.8 Å². The van der Waals surface area contributed by atoms with Crippen molar-refractivity contribution in [2.75, 3.05) is 18.5 Å². The first-order valence-electron chi connectivity index (χ1n) is 7.05. The molecule has 112 valence electrons. The molecule has 2 N–H and O–H groups in total. The number of anilines is 1. The lowest BCUT2D eigenvalue weighted by Crippen LogP contribution is -2.21. The molecule has 2 aromatic rings. The molecule has 0 unspecified atom stereocenters. The zero-order valence-corrected chi connectivity index (χ0v) is 12.2. The van der Waals surface area contributed by atoms with E-state index in [1.807, 2.05) is 18.2 Å². The van der Waals surface area contributed by atoms with E-state index in [0.29, 0.717) is 6.54 Å². The standard InChI is InChI=1S/C17H20F2N2/c1-21(11-5-8-13-6-3-2-4-7-13)15-10-9-14(12-20)16(18)17(15)19/h2-4,6-7,9-10H,5,8,11-12,20H2,1H3. The fourth-order valence-electron chi connectivity index (χ4n) is 2.32. The summed E-state index contributed by atoms with van der Waals surface area (Å²) in [5, 5.41) is 0. The molecule has 0 saturated heterocycles. The van der Waals surface area contributed by atoms with Crippen molar-refractivity contribution in [3.05, 3.63) is 65.2 Å². The number of hydrogen-bond donors (Lipinski definition) is 1. The number of nitrogens with two attached hydrogens (primary N) is 1. The minimum absolute atomic E-state index is 0.000749. The van der Waals surface area contributed by atoms with E-state index in [2.05, 4.69) is 12.1 Å². The molecule has 0 saturated carbocycles. The Balaban J connectivity index is 1.97. The molecule has 0 aliphatic carbocycles. The maximum atomic E-state index is 14.0. The Kier molecular flexibility index (Phi) is 5.28. The third kappa shape index (κ3) is 3.79. The molecular weight excluding hydrogens is 270 g/mol. The van der Waals surface area contributed by atoms with E-state index in [0.717, 1.165) is 12.8 Å². The van der Waals surface area contributed by atoms with Crippen LogP contribution >= 0.6 is 0 Å². The number of rotatable bonds is 6. The molecule has 0 radical (unpaired) electrons. The Morgan fingerprint density at radius 3 is 2.38 bits per heavy atom. The lowest BCUT2D eigenvalue weighted by atomic mass is 10.1. The highest BCUT2D eigenvalue weighted by Gasteiger charge is 2.15. The van der Waals surface area contributed by atoms with E-state index in [9.17, 15) is 8.78 Å². The summed E-state index contributed by atoms with van der Waals surface area (Å²) in [4.78, 5) is 1.74. The number of benzene rings is 2. The van der Waals surface area contributed by atoms with Gasteiger partial charge in [0.1, 0.15) is 0 Å². The van der Waals surface area contributed by atoms with Crippen LogP contribution in [0.25, 0.3) is 0 Å². The van der Waals surface area contributed by atoms with Gasteiger partial charge in [0.25, 0.3) is 0 Å². The molecule has 4 heteroatoms. The van der Waals surface area contributed by atoms with Crippen molar-refractivity contribution in [2.45, 2.75) is 19.4 Å². The highest BCUT2D eigenvalue weighted by Crippen LogP contribution is 2.23. The summed E-state index contributed by atoms with van der Waals surface area (Å²) < 4.78 is 27.7. The fraction of sp³-hybridized carbons (Fsp3) is 0.294. The van der Waals surface area contributed by atoms with Gasteiger partial charge in [0.2, 0.25) is 0 Å². The van der Waals surface area contributed by atoms with E-state index in [1.165, 1.54) is 5.56 Å². The molecular formula is C17H20F2N2. The molecule has 0 aromatic heterocycles. The highest BCUT2D eigenvalue weighted by molar-refractivity contribution is 5.49. The van der Waals surface area contributed by atoms with Crippen LogP contribution in [0.5, 0.6) is 0 Å². The summed E-state index contributed by atoms with van der Waals surface area (Å²) in [6, 6.07) is 13.2. The largest absolute Gasteiger partial charge is 0.372 e. The fourth-order valence-corrected chi connectivity index (χ4v) is 2.32. The number of nitrogens with zero attached hydrogens (tertiary/aromatic N) is 1. The maximum Gasteiger partial charge on any atom is 0.182 e. The first kappa shape index (κ1) is 15.4. The lowest BCUT2D eigenvalue weighted by Gasteiger charge is -2.20. The van der Waals surface area contributed by atoms with Gasteiger partial charge in [-0.25, -0.2) is 8.78 Å². The van der Waals surface area contributed by atoms with Crippen LogP contribution in [0.2, 0.25) is 0 Å². The van der Waals surface area contributed by atoms with E-state index in [1.54, 1.807) is 24.1 Å². The van der Waals surface area contributed by atoms with E-state index >= 15 is 0 Å². The minimum atomic E-state index is -0.843. The quantitative estimate of drug-likeness (QED) is 0.882.